The molecule has 1 fully saturated rings. The van der Waals surface area contributed by atoms with Crippen LogP contribution < -0.4 is 5.32 Å². The lowest BCUT2D eigenvalue weighted by Gasteiger charge is -2.35. The lowest BCUT2D eigenvalue weighted by molar-refractivity contribution is 0.0187. The first-order chi connectivity index (χ1) is 12.1. The fraction of sp³-hybridized carbons (Fsp3) is 0.333. The second kappa shape index (κ2) is 8.29. The molecule has 1 aromatic carbocycles. The molecule has 0 saturated carbocycles. The minimum absolute atomic E-state index is 0.0238. The molecule has 1 unspecified atom stereocenters. The van der Waals surface area contributed by atoms with Gasteiger partial charge in [-0.05, 0) is 29.8 Å². The Hall–Kier alpha value is -2.15. The fourth-order valence-corrected chi connectivity index (χ4v) is 3.11. The standard InChI is InChI=1S/C18H20ClN3O3/c19-14-4-1-3-13(11-14)16(22-7-9-25-10-8-22)12-20-17-6-2-5-15(21-17)18(23)24/h1-6,11,16H,7-10,12H2,(H,20,21)(H,23,24). The Bertz CT molecular complexity index is 735. The van der Waals surface area contributed by atoms with Gasteiger partial charge in [0.2, 0.25) is 0 Å². The Morgan fingerprint density at radius 2 is 2.04 bits per heavy atom. The molecular formula is C18H20ClN3O3. The number of morpholine rings is 1. The Kier molecular flexibility index (Phi) is 5.86. The van der Waals surface area contributed by atoms with Crippen molar-refractivity contribution in [1.82, 2.24) is 9.88 Å². The largest absolute Gasteiger partial charge is 0.477 e. The third-order valence-electron chi connectivity index (χ3n) is 4.16. The topological polar surface area (TPSA) is 74.7 Å². The van der Waals surface area contributed by atoms with Gasteiger partial charge in [-0.2, -0.15) is 0 Å². The molecule has 0 spiro atoms. The molecule has 1 atom stereocenters. The number of hydrogen-bond acceptors (Lipinski definition) is 5. The first kappa shape index (κ1) is 17.7. The summed E-state index contributed by atoms with van der Waals surface area (Å²) in [6, 6.07) is 12.8. The van der Waals surface area contributed by atoms with Gasteiger partial charge in [0.05, 0.1) is 19.3 Å². The van der Waals surface area contributed by atoms with Crippen LogP contribution in [-0.4, -0.2) is 53.8 Å². The maximum absolute atomic E-state index is 11.1. The molecular weight excluding hydrogens is 342 g/mol. The van der Waals surface area contributed by atoms with Gasteiger partial charge in [0.25, 0.3) is 0 Å². The summed E-state index contributed by atoms with van der Waals surface area (Å²) in [6.45, 7) is 3.66. The van der Waals surface area contributed by atoms with Crippen molar-refractivity contribution in [2.24, 2.45) is 0 Å². The molecule has 1 saturated heterocycles. The average Bonchev–Trinajstić information content (AvgIpc) is 2.63. The minimum Gasteiger partial charge on any atom is -0.477 e. The summed E-state index contributed by atoms with van der Waals surface area (Å²) >= 11 is 6.16. The van der Waals surface area contributed by atoms with Gasteiger partial charge in [-0.3, -0.25) is 4.90 Å². The molecule has 1 aromatic heterocycles. The highest BCUT2D eigenvalue weighted by atomic mass is 35.5. The van der Waals surface area contributed by atoms with E-state index in [1.54, 1.807) is 12.1 Å². The van der Waals surface area contributed by atoms with Crippen molar-refractivity contribution < 1.29 is 14.6 Å². The normalized spacial score (nSPS) is 16.4. The molecule has 132 valence electrons. The van der Waals surface area contributed by atoms with E-state index in [1.165, 1.54) is 6.07 Å². The van der Waals surface area contributed by atoms with Crippen LogP contribution in [0.1, 0.15) is 22.1 Å². The van der Waals surface area contributed by atoms with E-state index in [-0.39, 0.29) is 11.7 Å². The quantitative estimate of drug-likeness (QED) is 0.824. The van der Waals surface area contributed by atoms with Gasteiger partial charge < -0.3 is 15.2 Å². The van der Waals surface area contributed by atoms with E-state index >= 15 is 0 Å². The number of aromatic carboxylic acids is 1. The van der Waals surface area contributed by atoms with Gasteiger partial charge in [-0.25, -0.2) is 9.78 Å². The van der Waals surface area contributed by atoms with Gasteiger partial charge >= 0.3 is 5.97 Å². The first-order valence-corrected chi connectivity index (χ1v) is 8.53. The van der Waals surface area contributed by atoms with E-state index in [9.17, 15) is 4.79 Å². The van der Waals surface area contributed by atoms with Crippen molar-refractivity contribution in [3.8, 4) is 0 Å². The zero-order valence-corrected chi connectivity index (χ0v) is 14.4. The van der Waals surface area contributed by atoms with Crippen molar-refractivity contribution in [2.45, 2.75) is 6.04 Å². The highest BCUT2D eigenvalue weighted by Gasteiger charge is 2.23. The molecule has 1 aliphatic heterocycles. The minimum atomic E-state index is -1.04. The fourth-order valence-electron chi connectivity index (χ4n) is 2.91. The number of nitrogens with zero attached hydrogens (tertiary/aromatic N) is 2. The third kappa shape index (κ3) is 4.69. The number of rotatable bonds is 6. The monoisotopic (exact) mass is 361 g/mol. The van der Waals surface area contributed by atoms with E-state index < -0.39 is 5.97 Å². The SMILES string of the molecule is O=C(O)c1cccc(NCC(c2cccc(Cl)c2)N2CCOCC2)n1. The van der Waals surface area contributed by atoms with Gasteiger partial charge in [0.15, 0.2) is 5.69 Å². The number of pyridine rings is 1. The van der Waals surface area contributed by atoms with Crippen LogP contribution in [0.15, 0.2) is 42.5 Å². The Balaban J connectivity index is 1.77. The van der Waals surface area contributed by atoms with Crippen molar-refractivity contribution in [2.75, 3.05) is 38.2 Å². The van der Waals surface area contributed by atoms with E-state index in [0.29, 0.717) is 30.6 Å². The lowest BCUT2D eigenvalue weighted by atomic mass is 10.0. The summed E-state index contributed by atoms with van der Waals surface area (Å²) in [6.07, 6.45) is 0. The second-order valence-corrected chi connectivity index (χ2v) is 6.25. The lowest BCUT2D eigenvalue weighted by Crippen LogP contribution is -2.41. The Morgan fingerprint density at radius 1 is 1.28 bits per heavy atom. The van der Waals surface area contributed by atoms with E-state index in [0.717, 1.165) is 18.7 Å². The molecule has 6 nitrogen and oxygen atoms in total. The number of anilines is 1. The highest BCUT2D eigenvalue weighted by Crippen LogP contribution is 2.25. The van der Waals surface area contributed by atoms with Crippen LogP contribution in [-0.2, 0) is 4.74 Å². The number of benzene rings is 1. The second-order valence-electron chi connectivity index (χ2n) is 5.81. The van der Waals surface area contributed by atoms with Crippen LogP contribution in [0.25, 0.3) is 0 Å². The molecule has 2 aromatic rings. The summed E-state index contributed by atoms with van der Waals surface area (Å²) < 4.78 is 5.45. The van der Waals surface area contributed by atoms with Crippen molar-refractivity contribution in [3.63, 3.8) is 0 Å². The van der Waals surface area contributed by atoms with Gasteiger partial charge in [-0.1, -0.05) is 29.8 Å². The van der Waals surface area contributed by atoms with Gasteiger partial charge in [-0.15, -0.1) is 0 Å². The molecule has 0 amide bonds. The van der Waals surface area contributed by atoms with Gasteiger partial charge in [0.1, 0.15) is 5.82 Å². The molecule has 0 aliphatic carbocycles. The zero-order valence-electron chi connectivity index (χ0n) is 13.7. The van der Waals surface area contributed by atoms with Crippen LogP contribution in [0.5, 0.6) is 0 Å². The summed E-state index contributed by atoms with van der Waals surface area (Å²) in [5.74, 6) is -0.497. The van der Waals surface area contributed by atoms with E-state index in [4.69, 9.17) is 21.4 Å². The number of nitrogens with one attached hydrogen (secondary N) is 1. The van der Waals surface area contributed by atoms with Crippen molar-refractivity contribution >= 4 is 23.4 Å². The van der Waals surface area contributed by atoms with Crippen molar-refractivity contribution in [3.05, 3.63) is 58.7 Å². The Morgan fingerprint density at radius 3 is 2.76 bits per heavy atom. The summed E-state index contributed by atoms with van der Waals surface area (Å²) in [5.41, 5.74) is 1.13. The predicted octanol–water partition coefficient (Wildman–Crippen LogP) is 2.92. The number of halogens is 1. The number of carboxylic acids is 1. The molecule has 1 aliphatic rings. The number of carbonyl (C=O) groups is 1. The number of aromatic nitrogens is 1. The number of ether oxygens (including phenoxy) is 1. The van der Waals surface area contributed by atoms with Crippen molar-refractivity contribution in [1.29, 1.82) is 0 Å². The smallest absolute Gasteiger partial charge is 0.354 e. The Labute approximate surface area is 151 Å². The van der Waals surface area contributed by atoms with Crippen LogP contribution in [0.2, 0.25) is 5.02 Å². The van der Waals surface area contributed by atoms with Gasteiger partial charge in [0, 0.05) is 24.7 Å². The maximum Gasteiger partial charge on any atom is 0.354 e. The summed E-state index contributed by atoms with van der Waals surface area (Å²) in [4.78, 5) is 17.5. The van der Waals surface area contributed by atoms with Crippen LogP contribution in [0.4, 0.5) is 5.82 Å². The average molecular weight is 362 g/mol. The zero-order chi connectivity index (χ0) is 17.6. The molecule has 2 heterocycles. The van der Waals surface area contributed by atoms with Crippen LogP contribution >= 0.6 is 11.6 Å². The summed E-state index contributed by atoms with van der Waals surface area (Å²) in [5, 5.41) is 13.0. The highest BCUT2D eigenvalue weighted by molar-refractivity contribution is 6.30. The third-order valence-corrected chi connectivity index (χ3v) is 4.40. The molecule has 0 bridgehead atoms. The number of hydrogen-bond donors (Lipinski definition) is 2. The predicted molar refractivity (Wildman–Crippen MR) is 96.3 cm³/mol. The maximum atomic E-state index is 11.1. The van der Waals surface area contributed by atoms with Crippen LogP contribution in [0.3, 0.4) is 0 Å². The van der Waals surface area contributed by atoms with E-state index in [1.807, 2.05) is 18.2 Å². The van der Waals surface area contributed by atoms with Crippen LogP contribution in [0, 0.1) is 0 Å². The molecule has 25 heavy (non-hydrogen) atoms. The molecule has 3 rings (SSSR count). The summed E-state index contributed by atoms with van der Waals surface area (Å²) in [7, 11) is 0. The molecule has 0 radical (unpaired) electrons. The first-order valence-electron chi connectivity index (χ1n) is 8.15. The molecule has 7 heteroatoms. The van der Waals surface area contributed by atoms with E-state index in [2.05, 4.69) is 21.3 Å². The molecule has 2 N–H and O–H groups in total. The number of carboxylic acid groups (broad SMARTS) is 1.